The highest BCUT2D eigenvalue weighted by molar-refractivity contribution is 6.11. The van der Waals surface area contributed by atoms with Gasteiger partial charge in [-0.15, -0.1) is 0 Å². The number of nitrogens with two attached hydrogens (primary N) is 1. The molecular formula is C18H25N3. The maximum absolute atomic E-state index is 5.91. The Hall–Kier alpha value is -2.42. The smallest absolute Gasteiger partial charge is 0.156 e. The lowest BCUT2D eigenvalue weighted by atomic mass is 10.2. The molecule has 112 valence electrons. The third-order valence-electron chi connectivity index (χ3n) is 2.28. The molecule has 0 spiro atoms. The molecule has 0 atom stereocenters. The summed E-state index contributed by atoms with van der Waals surface area (Å²) < 4.78 is 0. The molecule has 0 bridgehead atoms. The van der Waals surface area contributed by atoms with E-state index in [1.165, 1.54) is 6.42 Å². The first kappa shape index (κ1) is 18.6. The third kappa shape index (κ3) is 7.06. The number of amidine groups is 2. The van der Waals surface area contributed by atoms with Crippen molar-refractivity contribution >= 4 is 11.7 Å². The summed E-state index contributed by atoms with van der Waals surface area (Å²) in [4.78, 5) is 8.45. The average molecular weight is 283 g/mol. The van der Waals surface area contributed by atoms with E-state index in [2.05, 4.69) is 37.0 Å². The molecule has 0 saturated carbocycles. The van der Waals surface area contributed by atoms with Gasteiger partial charge >= 0.3 is 0 Å². The van der Waals surface area contributed by atoms with Gasteiger partial charge < -0.3 is 5.73 Å². The zero-order valence-electron chi connectivity index (χ0n) is 13.2. The monoisotopic (exact) mass is 283 g/mol. The van der Waals surface area contributed by atoms with Crippen LogP contribution in [0.2, 0.25) is 0 Å². The molecule has 0 amide bonds. The number of aliphatic imine (C=N–C) groups is 2. The summed E-state index contributed by atoms with van der Waals surface area (Å²) in [7, 11) is 1.68. The highest BCUT2D eigenvalue weighted by Crippen LogP contribution is 2.04. The summed E-state index contributed by atoms with van der Waals surface area (Å²) in [6.07, 6.45) is 6.29. The van der Waals surface area contributed by atoms with Crippen molar-refractivity contribution in [2.75, 3.05) is 7.05 Å². The van der Waals surface area contributed by atoms with Gasteiger partial charge in [0.1, 0.15) is 5.84 Å². The molecular weight excluding hydrogens is 258 g/mol. The number of nitrogens with zero attached hydrogens (tertiary/aromatic N) is 2. The largest absolute Gasteiger partial charge is 0.383 e. The van der Waals surface area contributed by atoms with E-state index in [1.807, 2.05) is 30.3 Å². The van der Waals surface area contributed by atoms with Crippen LogP contribution in [0.4, 0.5) is 0 Å². The predicted octanol–water partition coefficient (Wildman–Crippen LogP) is 4.13. The SMILES string of the molecule is C=C/C=C(\C=C)C(N)=NC(=NC)c1ccccc1.CCC. The van der Waals surface area contributed by atoms with Crippen LogP contribution in [-0.2, 0) is 0 Å². The van der Waals surface area contributed by atoms with Crippen molar-refractivity contribution in [3.8, 4) is 0 Å². The van der Waals surface area contributed by atoms with Crippen molar-refractivity contribution in [1.29, 1.82) is 0 Å². The minimum Gasteiger partial charge on any atom is -0.383 e. The molecule has 3 heteroatoms. The van der Waals surface area contributed by atoms with E-state index in [-0.39, 0.29) is 0 Å². The van der Waals surface area contributed by atoms with Crippen molar-refractivity contribution in [3.05, 3.63) is 72.9 Å². The summed E-state index contributed by atoms with van der Waals surface area (Å²) in [5.74, 6) is 0.958. The van der Waals surface area contributed by atoms with Gasteiger partial charge in [0, 0.05) is 18.2 Å². The zero-order chi connectivity index (χ0) is 16.1. The van der Waals surface area contributed by atoms with Gasteiger partial charge in [-0.05, 0) is 0 Å². The first-order valence-corrected chi connectivity index (χ1v) is 6.96. The van der Waals surface area contributed by atoms with Crippen molar-refractivity contribution in [2.24, 2.45) is 15.7 Å². The maximum atomic E-state index is 5.91. The summed E-state index contributed by atoms with van der Waals surface area (Å²) in [5, 5.41) is 0. The summed E-state index contributed by atoms with van der Waals surface area (Å²) in [6.45, 7) is 11.6. The molecule has 1 aromatic rings. The van der Waals surface area contributed by atoms with Crippen LogP contribution in [0.25, 0.3) is 0 Å². The molecule has 0 fully saturated rings. The van der Waals surface area contributed by atoms with E-state index >= 15 is 0 Å². The molecule has 0 aromatic heterocycles. The lowest BCUT2D eigenvalue weighted by molar-refractivity contribution is 1.09. The Morgan fingerprint density at radius 1 is 1.19 bits per heavy atom. The first-order valence-electron chi connectivity index (χ1n) is 6.96. The molecule has 0 aliphatic rings. The predicted molar refractivity (Wildman–Crippen MR) is 95.0 cm³/mol. The van der Waals surface area contributed by atoms with Crippen LogP contribution in [0.15, 0.2) is 77.3 Å². The number of hydrogen-bond acceptors (Lipinski definition) is 1. The molecule has 0 aliphatic heterocycles. The fraction of sp³-hybridized carbons (Fsp3) is 0.222. The second kappa shape index (κ2) is 11.4. The quantitative estimate of drug-likeness (QED) is 0.504. The normalized spacial score (nSPS) is 12.2. The van der Waals surface area contributed by atoms with E-state index in [0.29, 0.717) is 11.7 Å². The minimum absolute atomic E-state index is 0.370. The van der Waals surface area contributed by atoms with E-state index in [4.69, 9.17) is 5.73 Å². The second-order valence-electron chi connectivity index (χ2n) is 4.18. The lowest BCUT2D eigenvalue weighted by Crippen LogP contribution is -2.16. The Morgan fingerprint density at radius 2 is 1.76 bits per heavy atom. The first-order chi connectivity index (χ1) is 10.1. The van der Waals surface area contributed by atoms with Crippen LogP contribution in [0.3, 0.4) is 0 Å². The average Bonchev–Trinajstić information content (AvgIpc) is 2.51. The third-order valence-corrected chi connectivity index (χ3v) is 2.28. The maximum Gasteiger partial charge on any atom is 0.156 e. The molecule has 1 rings (SSSR count). The van der Waals surface area contributed by atoms with Crippen molar-refractivity contribution in [3.63, 3.8) is 0 Å². The zero-order valence-corrected chi connectivity index (χ0v) is 13.2. The Kier molecular flexibility index (Phi) is 10.1. The Balaban J connectivity index is 0.00000122. The van der Waals surface area contributed by atoms with E-state index in [9.17, 15) is 0 Å². The van der Waals surface area contributed by atoms with Crippen LogP contribution >= 0.6 is 0 Å². The van der Waals surface area contributed by atoms with Gasteiger partial charge in [-0.25, -0.2) is 4.99 Å². The van der Waals surface area contributed by atoms with Gasteiger partial charge in [0.15, 0.2) is 5.84 Å². The van der Waals surface area contributed by atoms with Crippen molar-refractivity contribution < 1.29 is 0 Å². The van der Waals surface area contributed by atoms with Crippen molar-refractivity contribution in [1.82, 2.24) is 0 Å². The molecule has 3 nitrogen and oxygen atoms in total. The van der Waals surface area contributed by atoms with Gasteiger partial charge in [-0.2, -0.15) is 0 Å². The fourth-order valence-electron chi connectivity index (χ4n) is 1.39. The number of rotatable bonds is 4. The number of benzene rings is 1. The molecule has 21 heavy (non-hydrogen) atoms. The molecule has 1 aromatic carbocycles. The molecule has 0 radical (unpaired) electrons. The summed E-state index contributed by atoms with van der Waals surface area (Å²) in [5.41, 5.74) is 7.56. The molecule has 0 unspecified atom stereocenters. The standard InChI is InChI=1S/C15H17N3.C3H8/c1-4-9-12(5-2)14(16)18-15(17-3)13-10-7-6-8-11-13;1-3-2/h4-11H,1-2H2,3H3,(H2,16,17,18);3H2,1-2H3/b12-9+;. The Bertz CT molecular complexity index is 523. The van der Waals surface area contributed by atoms with Gasteiger partial charge in [0.2, 0.25) is 0 Å². The van der Waals surface area contributed by atoms with Gasteiger partial charge in [0.25, 0.3) is 0 Å². The molecule has 2 N–H and O–H groups in total. The summed E-state index contributed by atoms with van der Waals surface area (Å²) >= 11 is 0. The molecule has 0 saturated heterocycles. The van der Waals surface area contributed by atoms with E-state index in [0.717, 1.165) is 11.1 Å². The van der Waals surface area contributed by atoms with E-state index in [1.54, 1.807) is 25.3 Å². The van der Waals surface area contributed by atoms with E-state index < -0.39 is 0 Å². The number of hydrogen-bond donors (Lipinski definition) is 1. The topological polar surface area (TPSA) is 50.7 Å². The van der Waals surface area contributed by atoms with Crippen LogP contribution in [-0.4, -0.2) is 18.7 Å². The van der Waals surface area contributed by atoms with Crippen molar-refractivity contribution in [2.45, 2.75) is 20.3 Å². The van der Waals surface area contributed by atoms with Crippen LogP contribution in [0.1, 0.15) is 25.8 Å². The van der Waals surface area contributed by atoms with Crippen LogP contribution in [0, 0.1) is 0 Å². The fourth-order valence-corrected chi connectivity index (χ4v) is 1.39. The minimum atomic E-state index is 0.370. The molecule has 0 heterocycles. The highest BCUT2D eigenvalue weighted by atomic mass is 15.0. The van der Waals surface area contributed by atoms with Gasteiger partial charge in [-0.1, -0.05) is 82.0 Å². The Labute approximate surface area is 128 Å². The lowest BCUT2D eigenvalue weighted by Gasteiger charge is -2.03. The van der Waals surface area contributed by atoms with Gasteiger partial charge in [0.05, 0.1) is 0 Å². The summed E-state index contributed by atoms with van der Waals surface area (Å²) in [6, 6.07) is 9.67. The molecule has 0 aliphatic carbocycles. The van der Waals surface area contributed by atoms with Gasteiger partial charge in [-0.3, -0.25) is 4.99 Å². The second-order valence-corrected chi connectivity index (χ2v) is 4.18. The Morgan fingerprint density at radius 3 is 2.19 bits per heavy atom. The highest BCUT2D eigenvalue weighted by Gasteiger charge is 2.03. The number of allylic oxidation sites excluding steroid dienone is 2. The van der Waals surface area contributed by atoms with Crippen LogP contribution < -0.4 is 5.73 Å². The van der Waals surface area contributed by atoms with Crippen LogP contribution in [0.5, 0.6) is 0 Å².